The molecule has 4 nitrogen and oxygen atoms in total. The molecule has 0 spiro atoms. The van der Waals surface area contributed by atoms with E-state index in [0.29, 0.717) is 17.3 Å². The van der Waals surface area contributed by atoms with Gasteiger partial charge in [-0.3, -0.25) is 4.79 Å². The third kappa shape index (κ3) is 2.89. The molecule has 0 heterocycles. The number of benzene rings is 1. The van der Waals surface area contributed by atoms with Crippen LogP contribution >= 0.6 is 0 Å². The van der Waals surface area contributed by atoms with Gasteiger partial charge in [-0.25, -0.2) is 0 Å². The first-order valence-corrected chi connectivity index (χ1v) is 5.54. The fraction of sp³-hybridized carbons (Fsp3) is 0.417. The number of carbonyl (C=O) groups is 1. The van der Waals surface area contributed by atoms with Crippen LogP contribution in [0.25, 0.3) is 0 Å². The molecule has 1 rings (SSSR count). The van der Waals surface area contributed by atoms with Crippen molar-refractivity contribution in [3.63, 3.8) is 0 Å². The van der Waals surface area contributed by atoms with Gasteiger partial charge in [-0.15, -0.1) is 0 Å². The summed E-state index contributed by atoms with van der Waals surface area (Å²) >= 11 is 0. The Kier molecular flexibility index (Phi) is 4.17. The smallest absolute Gasteiger partial charge is 0.250 e. The second-order valence-corrected chi connectivity index (χ2v) is 3.83. The number of carbonyl (C=O) groups excluding carboxylic acids is 1. The van der Waals surface area contributed by atoms with Crippen LogP contribution in [0.1, 0.15) is 37.0 Å². The summed E-state index contributed by atoms with van der Waals surface area (Å²) in [5.74, 6) is -0.437. The Morgan fingerprint density at radius 2 is 2.00 bits per heavy atom. The van der Waals surface area contributed by atoms with E-state index in [0.717, 1.165) is 18.5 Å². The number of amides is 1. The van der Waals surface area contributed by atoms with Gasteiger partial charge in [0, 0.05) is 17.4 Å². The Labute approximate surface area is 96.0 Å². The van der Waals surface area contributed by atoms with Crippen LogP contribution in [0.5, 0.6) is 0 Å². The van der Waals surface area contributed by atoms with Gasteiger partial charge < -0.3 is 16.8 Å². The standard InChI is InChI=1S/C12H19N3O/c1-3-9(4-2)15-11-7-8(13)5-6-10(11)12(14)16/h5-7,9,15H,3-4,13H2,1-2H3,(H2,14,16). The number of nitrogens with two attached hydrogens (primary N) is 2. The Morgan fingerprint density at radius 3 is 2.50 bits per heavy atom. The second-order valence-electron chi connectivity index (χ2n) is 3.83. The van der Waals surface area contributed by atoms with E-state index in [9.17, 15) is 4.79 Å². The summed E-state index contributed by atoms with van der Waals surface area (Å²) in [4.78, 5) is 11.2. The summed E-state index contributed by atoms with van der Waals surface area (Å²) in [6, 6.07) is 5.42. The molecule has 1 aromatic rings. The van der Waals surface area contributed by atoms with Gasteiger partial charge >= 0.3 is 0 Å². The fourth-order valence-corrected chi connectivity index (χ4v) is 1.61. The summed E-state index contributed by atoms with van der Waals surface area (Å²) < 4.78 is 0. The highest BCUT2D eigenvalue weighted by Crippen LogP contribution is 2.20. The van der Waals surface area contributed by atoms with Crippen molar-refractivity contribution >= 4 is 17.3 Å². The van der Waals surface area contributed by atoms with Crippen molar-refractivity contribution < 1.29 is 4.79 Å². The normalized spacial score (nSPS) is 10.4. The third-order valence-electron chi connectivity index (χ3n) is 2.65. The number of primary amides is 1. The van der Waals surface area contributed by atoms with Gasteiger partial charge in [-0.1, -0.05) is 13.8 Å². The number of anilines is 2. The third-order valence-corrected chi connectivity index (χ3v) is 2.65. The molecule has 0 aliphatic rings. The Morgan fingerprint density at radius 1 is 1.38 bits per heavy atom. The number of nitrogens with one attached hydrogen (secondary N) is 1. The summed E-state index contributed by atoms with van der Waals surface area (Å²) in [5.41, 5.74) is 12.8. The van der Waals surface area contributed by atoms with E-state index in [1.807, 2.05) is 0 Å². The van der Waals surface area contributed by atoms with E-state index < -0.39 is 5.91 Å². The van der Waals surface area contributed by atoms with Gasteiger partial charge in [0.15, 0.2) is 0 Å². The molecule has 88 valence electrons. The number of rotatable bonds is 5. The molecule has 0 aliphatic heterocycles. The minimum absolute atomic E-state index is 0.333. The summed E-state index contributed by atoms with van der Waals surface area (Å²) in [5, 5.41) is 3.29. The SMILES string of the molecule is CCC(CC)Nc1cc(N)ccc1C(N)=O. The molecular weight excluding hydrogens is 202 g/mol. The first-order valence-electron chi connectivity index (χ1n) is 5.54. The molecule has 4 heteroatoms. The van der Waals surface area contributed by atoms with Crippen molar-refractivity contribution in [1.29, 1.82) is 0 Å². The van der Waals surface area contributed by atoms with Crippen LogP contribution < -0.4 is 16.8 Å². The van der Waals surface area contributed by atoms with Crippen molar-refractivity contribution in [3.8, 4) is 0 Å². The molecule has 0 fully saturated rings. The lowest BCUT2D eigenvalue weighted by molar-refractivity contribution is 0.100. The second kappa shape index (κ2) is 5.39. The highest BCUT2D eigenvalue weighted by molar-refractivity contribution is 5.99. The van der Waals surface area contributed by atoms with E-state index in [-0.39, 0.29) is 0 Å². The van der Waals surface area contributed by atoms with Crippen molar-refractivity contribution in [2.45, 2.75) is 32.7 Å². The Balaban J connectivity index is 3.00. The fourth-order valence-electron chi connectivity index (χ4n) is 1.61. The van der Waals surface area contributed by atoms with E-state index in [4.69, 9.17) is 11.5 Å². The Hall–Kier alpha value is -1.71. The first kappa shape index (κ1) is 12.4. The maximum atomic E-state index is 11.2. The van der Waals surface area contributed by atoms with Gasteiger partial charge in [0.05, 0.1) is 5.56 Å². The molecule has 1 aromatic carbocycles. The van der Waals surface area contributed by atoms with Crippen LogP contribution in [0.4, 0.5) is 11.4 Å². The lowest BCUT2D eigenvalue weighted by atomic mass is 10.1. The van der Waals surface area contributed by atoms with Crippen molar-refractivity contribution in [3.05, 3.63) is 23.8 Å². The van der Waals surface area contributed by atoms with Gasteiger partial charge in [-0.2, -0.15) is 0 Å². The van der Waals surface area contributed by atoms with E-state index in [2.05, 4.69) is 19.2 Å². The largest absolute Gasteiger partial charge is 0.399 e. The maximum absolute atomic E-state index is 11.2. The molecule has 1 amide bonds. The molecule has 0 radical (unpaired) electrons. The molecule has 16 heavy (non-hydrogen) atoms. The number of nitrogen functional groups attached to an aromatic ring is 1. The molecule has 0 unspecified atom stereocenters. The minimum Gasteiger partial charge on any atom is -0.399 e. The molecule has 0 saturated carbocycles. The van der Waals surface area contributed by atoms with Crippen LogP contribution in [-0.4, -0.2) is 11.9 Å². The van der Waals surface area contributed by atoms with Crippen LogP contribution in [0.15, 0.2) is 18.2 Å². The summed E-state index contributed by atoms with van der Waals surface area (Å²) in [6.07, 6.45) is 1.98. The lowest BCUT2D eigenvalue weighted by Gasteiger charge is -2.18. The van der Waals surface area contributed by atoms with Crippen molar-refractivity contribution in [2.75, 3.05) is 11.1 Å². The molecular formula is C12H19N3O. The van der Waals surface area contributed by atoms with E-state index in [1.54, 1.807) is 18.2 Å². The summed E-state index contributed by atoms with van der Waals surface area (Å²) in [6.45, 7) is 4.19. The zero-order valence-corrected chi connectivity index (χ0v) is 9.79. The average Bonchev–Trinajstić information content (AvgIpc) is 2.25. The quantitative estimate of drug-likeness (QED) is 0.665. The predicted octanol–water partition coefficient (Wildman–Crippen LogP) is 1.97. The monoisotopic (exact) mass is 221 g/mol. The Bertz CT molecular complexity index is 373. The zero-order valence-electron chi connectivity index (χ0n) is 9.79. The van der Waals surface area contributed by atoms with Crippen LogP contribution in [0.3, 0.4) is 0 Å². The highest BCUT2D eigenvalue weighted by atomic mass is 16.1. The van der Waals surface area contributed by atoms with Gasteiger partial charge in [0.25, 0.3) is 5.91 Å². The highest BCUT2D eigenvalue weighted by Gasteiger charge is 2.11. The first-order chi connectivity index (χ1) is 7.58. The number of hydrogen-bond donors (Lipinski definition) is 3. The molecule has 0 aromatic heterocycles. The zero-order chi connectivity index (χ0) is 12.1. The van der Waals surface area contributed by atoms with E-state index >= 15 is 0 Å². The summed E-state index contributed by atoms with van der Waals surface area (Å²) in [7, 11) is 0. The van der Waals surface area contributed by atoms with Gasteiger partial charge in [-0.05, 0) is 31.0 Å². The van der Waals surface area contributed by atoms with Crippen LogP contribution in [0, 0.1) is 0 Å². The lowest BCUT2D eigenvalue weighted by Crippen LogP contribution is -2.21. The van der Waals surface area contributed by atoms with Crippen LogP contribution in [-0.2, 0) is 0 Å². The molecule has 0 saturated heterocycles. The minimum atomic E-state index is -0.437. The molecule has 0 atom stereocenters. The predicted molar refractivity (Wildman–Crippen MR) is 67.4 cm³/mol. The molecule has 0 aliphatic carbocycles. The number of hydrogen-bond acceptors (Lipinski definition) is 3. The van der Waals surface area contributed by atoms with Crippen LogP contribution in [0.2, 0.25) is 0 Å². The molecule has 0 bridgehead atoms. The van der Waals surface area contributed by atoms with Crippen molar-refractivity contribution in [1.82, 2.24) is 0 Å². The van der Waals surface area contributed by atoms with Gasteiger partial charge in [0.2, 0.25) is 0 Å². The topological polar surface area (TPSA) is 81.1 Å². The van der Waals surface area contributed by atoms with Gasteiger partial charge in [0.1, 0.15) is 0 Å². The van der Waals surface area contributed by atoms with E-state index in [1.165, 1.54) is 0 Å². The maximum Gasteiger partial charge on any atom is 0.250 e. The average molecular weight is 221 g/mol. The van der Waals surface area contributed by atoms with Crippen molar-refractivity contribution in [2.24, 2.45) is 5.73 Å². The molecule has 5 N–H and O–H groups in total.